The Morgan fingerprint density at radius 2 is 2.50 bits per heavy atom. The average Bonchev–Trinajstić information content (AvgIpc) is 2.14. The Morgan fingerprint density at radius 3 is 2.75 bits per heavy atom. The minimum absolute atomic E-state index is 0.224. The van der Waals surface area contributed by atoms with Gasteiger partial charge < -0.3 is 4.90 Å². The average molecular weight is 177 g/mol. The second kappa shape index (κ2) is 2.49. The normalized spacial score (nSPS) is 20.1. The maximum atomic E-state index is 10.7. The van der Waals surface area contributed by atoms with Gasteiger partial charge in [0.05, 0.1) is 0 Å². The largest absolute Gasteiger partial charge is 0.327 e. The van der Waals surface area contributed by atoms with Crippen LogP contribution in [0.2, 0.25) is 0 Å². The lowest BCUT2D eigenvalue weighted by Crippen LogP contribution is -2.18. The SMILES string of the molecule is O=C1CCCN1[CH]Br. The molecule has 1 aliphatic rings. The number of rotatable bonds is 1. The van der Waals surface area contributed by atoms with Crippen molar-refractivity contribution < 1.29 is 4.79 Å². The first-order valence-electron chi connectivity index (χ1n) is 2.57. The summed E-state index contributed by atoms with van der Waals surface area (Å²) in [6, 6.07) is 0. The monoisotopic (exact) mass is 176 g/mol. The van der Waals surface area contributed by atoms with Crippen LogP contribution in [0.5, 0.6) is 0 Å². The number of amides is 1. The van der Waals surface area contributed by atoms with Crippen LogP contribution in [-0.4, -0.2) is 17.4 Å². The fourth-order valence-corrected chi connectivity index (χ4v) is 1.21. The van der Waals surface area contributed by atoms with E-state index in [9.17, 15) is 4.79 Å². The molecular formula is C5H7BrNO. The highest BCUT2D eigenvalue weighted by Gasteiger charge is 2.18. The van der Waals surface area contributed by atoms with Crippen LogP contribution in [-0.2, 0) is 4.79 Å². The first-order valence-corrected chi connectivity index (χ1v) is 3.49. The summed E-state index contributed by atoms with van der Waals surface area (Å²) in [5, 5.41) is 0. The van der Waals surface area contributed by atoms with Crippen LogP contribution in [0.1, 0.15) is 12.8 Å². The molecule has 3 heteroatoms. The summed E-state index contributed by atoms with van der Waals surface area (Å²) in [4.78, 5) is 12.4. The zero-order chi connectivity index (χ0) is 5.98. The third-order valence-corrected chi connectivity index (χ3v) is 1.72. The molecule has 1 rings (SSSR count). The van der Waals surface area contributed by atoms with Gasteiger partial charge in [-0.05, 0) is 6.42 Å². The zero-order valence-electron chi connectivity index (χ0n) is 4.43. The van der Waals surface area contributed by atoms with Gasteiger partial charge in [-0.3, -0.25) is 4.79 Å². The molecule has 1 fully saturated rings. The van der Waals surface area contributed by atoms with E-state index >= 15 is 0 Å². The van der Waals surface area contributed by atoms with Gasteiger partial charge in [0.2, 0.25) is 5.91 Å². The van der Waals surface area contributed by atoms with Gasteiger partial charge in [0.25, 0.3) is 0 Å². The molecule has 1 amide bonds. The van der Waals surface area contributed by atoms with Crippen molar-refractivity contribution in [2.75, 3.05) is 6.54 Å². The Bertz CT molecular complexity index is 105. The van der Waals surface area contributed by atoms with Crippen LogP contribution in [0, 0.1) is 5.45 Å². The molecule has 1 saturated heterocycles. The van der Waals surface area contributed by atoms with Crippen LogP contribution in [0.3, 0.4) is 0 Å². The smallest absolute Gasteiger partial charge is 0.223 e. The van der Waals surface area contributed by atoms with E-state index in [0.717, 1.165) is 13.0 Å². The molecule has 0 spiro atoms. The van der Waals surface area contributed by atoms with Crippen LogP contribution < -0.4 is 0 Å². The molecule has 0 atom stereocenters. The van der Waals surface area contributed by atoms with Crippen LogP contribution in [0.25, 0.3) is 0 Å². The van der Waals surface area contributed by atoms with Gasteiger partial charge in [0.1, 0.15) is 5.45 Å². The van der Waals surface area contributed by atoms with Crippen molar-refractivity contribution >= 4 is 21.8 Å². The number of likely N-dealkylation sites (tertiary alicyclic amines) is 1. The summed E-state index contributed by atoms with van der Waals surface area (Å²) in [5.74, 6) is 0.224. The highest BCUT2D eigenvalue weighted by molar-refractivity contribution is 9.10. The van der Waals surface area contributed by atoms with Crippen molar-refractivity contribution in [1.82, 2.24) is 4.90 Å². The van der Waals surface area contributed by atoms with E-state index in [2.05, 4.69) is 15.9 Å². The summed E-state index contributed by atoms with van der Waals surface area (Å²) < 4.78 is 0. The molecule has 1 aliphatic heterocycles. The number of hydrogen-bond donors (Lipinski definition) is 0. The van der Waals surface area contributed by atoms with Gasteiger partial charge in [0.15, 0.2) is 0 Å². The molecule has 2 nitrogen and oxygen atoms in total. The fraction of sp³-hybridized carbons (Fsp3) is 0.600. The van der Waals surface area contributed by atoms with Gasteiger partial charge in [0, 0.05) is 13.0 Å². The molecular weight excluding hydrogens is 170 g/mol. The molecule has 0 aromatic rings. The topological polar surface area (TPSA) is 20.3 Å². The van der Waals surface area contributed by atoms with Gasteiger partial charge >= 0.3 is 0 Å². The first kappa shape index (κ1) is 6.08. The number of carbonyl (C=O) groups is 1. The van der Waals surface area contributed by atoms with E-state index in [0.29, 0.717) is 6.42 Å². The number of carbonyl (C=O) groups excluding carboxylic acids is 1. The Hall–Kier alpha value is -0.0500. The molecule has 0 aliphatic carbocycles. The minimum Gasteiger partial charge on any atom is -0.327 e. The highest BCUT2D eigenvalue weighted by Crippen LogP contribution is 2.12. The van der Waals surface area contributed by atoms with Gasteiger partial charge in [-0.1, -0.05) is 15.9 Å². The summed E-state index contributed by atoms with van der Waals surface area (Å²) in [5.41, 5.74) is 1.66. The van der Waals surface area contributed by atoms with Crippen molar-refractivity contribution in [3.8, 4) is 0 Å². The quantitative estimate of drug-likeness (QED) is 0.549. The Balaban J connectivity index is 2.42. The van der Waals surface area contributed by atoms with E-state index < -0.39 is 0 Å². The summed E-state index contributed by atoms with van der Waals surface area (Å²) in [6.45, 7) is 0.879. The molecule has 45 valence electrons. The van der Waals surface area contributed by atoms with E-state index in [-0.39, 0.29) is 5.91 Å². The van der Waals surface area contributed by atoms with Crippen LogP contribution in [0.4, 0.5) is 0 Å². The Morgan fingerprint density at radius 1 is 1.75 bits per heavy atom. The van der Waals surface area contributed by atoms with Gasteiger partial charge in [-0.2, -0.15) is 0 Å². The molecule has 1 radical (unpaired) electrons. The lowest BCUT2D eigenvalue weighted by Gasteiger charge is -2.07. The maximum absolute atomic E-state index is 10.7. The lowest BCUT2D eigenvalue weighted by atomic mass is 10.4. The second-order valence-corrected chi connectivity index (χ2v) is 2.20. The molecule has 0 saturated carbocycles. The predicted octanol–water partition coefficient (Wildman–Crippen LogP) is 1.12. The third kappa shape index (κ3) is 1.02. The summed E-state index contributed by atoms with van der Waals surface area (Å²) >= 11 is 3.10. The van der Waals surface area contributed by atoms with E-state index in [1.54, 1.807) is 10.4 Å². The van der Waals surface area contributed by atoms with E-state index in [1.807, 2.05) is 0 Å². The highest BCUT2D eigenvalue weighted by atomic mass is 79.9. The third-order valence-electron chi connectivity index (χ3n) is 1.23. The first-order chi connectivity index (χ1) is 3.84. The molecule has 0 unspecified atom stereocenters. The molecule has 0 aromatic carbocycles. The Kier molecular flexibility index (Phi) is 1.89. The number of hydrogen-bond acceptors (Lipinski definition) is 1. The van der Waals surface area contributed by atoms with E-state index in [4.69, 9.17) is 0 Å². The molecule has 1 heterocycles. The minimum atomic E-state index is 0.224. The van der Waals surface area contributed by atoms with Crippen LogP contribution in [0.15, 0.2) is 0 Å². The van der Waals surface area contributed by atoms with Crippen molar-refractivity contribution in [3.63, 3.8) is 0 Å². The van der Waals surface area contributed by atoms with Crippen molar-refractivity contribution in [1.29, 1.82) is 0 Å². The summed E-state index contributed by atoms with van der Waals surface area (Å²) in [6.07, 6.45) is 1.71. The zero-order valence-corrected chi connectivity index (χ0v) is 6.02. The van der Waals surface area contributed by atoms with Gasteiger partial charge in [-0.15, -0.1) is 0 Å². The Labute approximate surface area is 57.0 Å². The standard InChI is InChI=1S/C5H7BrNO/c6-4-7-3-1-2-5(7)8/h4H,1-3H2. The van der Waals surface area contributed by atoms with Crippen molar-refractivity contribution in [2.24, 2.45) is 0 Å². The number of nitrogens with zero attached hydrogens (tertiary/aromatic N) is 1. The molecule has 0 N–H and O–H groups in total. The lowest BCUT2D eigenvalue weighted by molar-refractivity contribution is -0.125. The van der Waals surface area contributed by atoms with E-state index in [1.165, 1.54) is 0 Å². The van der Waals surface area contributed by atoms with Crippen molar-refractivity contribution in [2.45, 2.75) is 12.8 Å². The van der Waals surface area contributed by atoms with Crippen LogP contribution >= 0.6 is 15.9 Å². The molecule has 0 bridgehead atoms. The maximum Gasteiger partial charge on any atom is 0.223 e. The van der Waals surface area contributed by atoms with Crippen molar-refractivity contribution in [3.05, 3.63) is 5.45 Å². The predicted molar refractivity (Wildman–Crippen MR) is 34.2 cm³/mol. The summed E-state index contributed by atoms with van der Waals surface area (Å²) in [7, 11) is 0. The second-order valence-electron chi connectivity index (χ2n) is 1.79. The molecule has 8 heavy (non-hydrogen) atoms. The van der Waals surface area contributed by atoms with Gasteiger partial charge in [-0.25, -0.2) is 0 Å². The fourth-order valence-electron chi connectivity index (χ4n) is 0.772. The molecule has 0 aromatic heterocycles. The number of halogens is 1.